The molecule has 2 aromatic carbocycles. The highest BCUT2D eigenvalue weighted by Gasteiger charge is 2.08. The van der Waals surface area contributed by atoms with E-state index in [9.17, 15) is 9.18 Å². The first kappa shape index (κ1) is 16.3. The van der Waals surface area contributed by atoms with Gasteiger partial charge in [-0.05, 0) is 42.3 Å². The van der Waals surface area contributed by atoms with Crippen molar-refractivity contribution in [2.75, 3.05) is 13.2 Å². The normalized spacial score (nSPS) is 10.3. The fourth-order valence-corrected chi connectivity index (χ4v) is 2.12. The Morgan fingerprint density at radius 2 is 2.09 bits per heavy atom. The molecule has 0 spiro atoms. The van der Waals surface area contributed by atoms with Gasteiger partial charge in [-0.1, -0.05) is 29.8 Å². The molecule has 0 aliphatic carbocycles. The molecule has 0 aliphatic rings. The van der Waals surface area contributed by atoms with Gasteiger partial charge >= 0.3 is 0 Å². The van der Waals surface area contributed by atoms with E-state index in [4.69, 9.17) is 16.3 Å². The number of carbonyl (C=O) groups excluding carboxylic acids is 1. The number of carbonyl (C=O) groups is 1. The summed E-state index contributed by atoms with van der Waals surface area (Å²) in [5, 5.41) is 3.01. The predicted molar refractivity (Wildman–Crippen MR) is 84.8 cm³/mol. The number of ether oxygens (including phenoxy) is 1. The Labute approximate surface area is 134 Å². The third-order valence-corrected chi connectivity index (χ3v) is 3.28. The molecule has 0 saturated heterocycles. The van der Waals surface area contributed by atoms with Crippen LogP contribution in [0.4, 0.5) is 4.39 Å². The van der Waals surface area contributed by atoms with Crippen LogP contribution in [0.1, 0.15) is 11.1 Å². The molecule has 2 rings (SSSR count). The van der Waals surface area contributed by atoms with E-state index in [1.54, 1.807) is 6.07 Å². The van der Waals surface area contributed by atoms with Crippen LogP contribution >= 0.6 is 11.6 Å². The second kappa shape index (κ2) is 7.80. The Balaban J connectivity index is 1.74. The second-order valence-electron chi connectivity index (χ2n) is 4.93. The van der Waals surface area contributed by atoms with E-state index in [-0.39, 0.29) is 12.3 Å². The molecule has 2 aromatic rings. The zero-order valence-corrected chi connectivity index (χ0v) is 13.0. The maximum atomic E-state index is 13.6. The molecule has 22 heavy (non-hydrogen) atoms. The van der Waals surface area contributed by atoms with Crippen molar-refractivity contribution in [2.24, 2.45) is 0 Å². The Bertz CT molecular complexity index is 661. The van der Waals surface area contributed by atoms with E-state index in [1.165, 1.54) is 12.1 Å². The van der Waals surface area contributed by atoms with Crippen molar-refractivity contribution < 1.29 is 13.9 Å². The first-order valence-electron chi connectivity index (χ1n) is 6.94. The molecular formula is C17H17ClFNO2. The number of hydrogen-bond acceptors (Lipinski definition) is 2. The molecule has 0 aliphatic heterocycles. The third-order valence-electron chi connectivity index (χ3n) is 3.05. The van der Waals surface area contributed by atoms with Crippen molar-refractivity contribution in [2.45, 2.75) is 13.3 Å². The first-order valence-corrected chi connectivity index (χ1v) is 7.32. The molecule has 5 heteroatoms. The van der Waals surface area contributed by atoms with Gasteiger partial charge < -0.3 is 10.1 Å². The van der Waals surface area contributed by atoms with Gasteiger partial charge in [0, 0.05) is 5.02 Å². The lowest BCUT2D eigenvalue weighted by Gasteiger charge is -2.09. The SMILES string of the molecule is Cc1cccc(OCCNC(=O)Cc2ccc(Cl)cc2F)c1. The molecule has 0 bridgehead atoms. The van der Waals surface area contributed by atoms with Crippen molar-refractivity contribution in [3.05, 3.63) is 64.4 Å². The minimum absolute atomic E-state index is 0.0204. The fourth-order valence-electron chi connectivity index (χ4n) is 1.96. The lowest BCUT2D eigenvalue weighted by Crippen LogP contribution is -2.29. The highest BCUT2D eigenvalue weighted by Crippen LogP contribution is 2.15. The van der Waals surface area contributed by atoms with E-state index in [0.29, 0.717) is 23.7 Å². The van der Waals surface area contributed by atoms with Gasteiger partial charge in [0.05, 0.1) is 13.0 Å². The number of amides is 1. The first-order chi connectivity index (χ1) is 10.5. The van der Waals surface area contributed by atoms with Gasteiger partial charge in [-0.3, -0.25) is 4.79 Å². The summed E-state index contributed by atoms with van der Waals surface area (Å²) in [5.41, 5.74) is 1.43. The second-order valence-corrected chi connectivity index (χ2v) is 5.36. The van der Waals surface area contributed by atoms with Crippen molar-refractivity contribution in [3.8, 4) is 5.75 Å². The van der Waals surface area contributed by atoms with Gasteiger partial charge in [-0.2, -0.15) is 0 Å². The van der Waals surface area contributed by atoms with Gasteiger partial charge in [0.2, 0.25) is 5.91 Å². The predicted octanol–water partition coefficient (Wildman–Crippen LogP) is 3.53. The van der Waals surface area contributed by atoms with Crippen molar-refractivity contribution in [1.29, 1.82) is 0 Å². The van der Waals surface area contributed by atoms with E-state index < -0.39 is 5.82 Å². The quantitative estimate of drug-likeness (QED) is 0.827. The van der Waals surface area contributed by atoms with E-state index >= 15 is 0 Å². The topological polar surface area (TPSA) is 38.3 Å². The lowest BCUT2D eigenvalue weighted by molar-refractivity contribution is -0.120. The van der Waals surface area contributed by atoms with Crippen LogP contribution in [0.15, 0.2) is 42.5 Å². The van der Waals surface area contributed by atoms with Gasteiger partial charge in [0.1, 0.15) is 18.2 Å². The summed E-state index contributed by atoms with van der Waals surface area (Å²) in [6, 6.07) is 11.9. The molecule has 0 radical (unpaired) electrons. The number of hydrogen-bond donors (Lipinski definition) is 1. The summed E-state index contributed by atoms with van der Waals surface area (Å²) in [7, 11) is 0. The molecule has 1 amide bonds. The highest BCUT2D eigenvalue weighted by atomic mass is 35.5. The average Bonchev–Trinajstić information content (AvgIpc) is 2.47. The monoisotopic (exact) mass is 321 g/mol. The van der Waals surface area contributed by atoms with Crippen LogP contribution in [-0.4, -0.2) is 19.1 Å². The lowest BCUT2D eigenvalue weighted by atomic mass is 10.1. The third kappa shape index (κ3) is 5.04. The Kier molecular flexibility index (Phi) is 5.78. The molecule has 0 aromatic heterocycles. The van der Waals surface area contributed by atoms with Crippen LogP contribution < -0.4 is 10.1 Å². The van der Waals surface area contributed by atoms with Crippen LogP contribution in [0.2, 0.25) is 5.02 Å². The van der Waals surface area contributed by atoms with Crippen LogP contribution in [0.25, 0.3) is 0 Å². The van der Waals surface area contributed by atoms with Crippen LogP contribution in [0, 0.1) is 12.7 Å². The number of aryl methyl sites for hydroxylation is 1. The molecule has 0 atom stereocenters. The summed E-state index contributed by atoms with van der Waals surface area (Å²) in [5.74, 6) is 0.0331. The van der Waals surface area contributed by atoms with Crippen molar-refractivity contribution >= 4 is 17.5 Å². The minimum atomic E-state index is -0.473. The molecule has 0 heterocycles. The number of halogens is 2. The number of rotatable bonds is 6. The Morgan fingerprint density at radius 3 is 2.82 bits per heavy atom. The summed E-state index contributed by atoms with van der Waals surface area (Å²) < 4.78 is 19.1. The van der Waals surface area contributed by atoms with Crippen LogP contribution in [0.5, 0.6) is 5.75 Å². The minimum Gasteiger partial charge on any atom is -0.492 e. The maximum Gasteiger partial charge on any atom is 0.224 e. The largest absolute Gasteiger partial charge is 0.492 e. The van der Waals surface area contributed by atoms with Gasteiger partial charge in [0.15, 0.2) is 0 Å². The van der Waals surface area contributed by atoms with E-state index in [2.05, 4.69) is 5.32 Å². The number of nitrogens with one attached hydrogen (secondary N) is 1. The van der Waals surface area contributed by atoms with Crippen LogP contribution in [0.3, 0.4) is 0 Å². The molecule has 0 saturated carbocycles. The molecule has 116 valence electrons. The number of benzene rings is 2. The van der Waals surface area contributed by atoms with Gasteiger partial charge in [0.25, 0.3) is 0 Å². The molecule has 0 fully saturated rings. The summed E-state index contributed by atoms with van der Waals surface area (Å²) in [6.45, 7) is 2.70. The van der Waals surface area contributed by atoms with Crippen molar-refractivity contribution in [3.63, 3.8) is 0 Å². The summed E-state index contributed by atoms with van der Waals surface area (Å²) in [6.07, 6.45) is -0.0204. The summed E-state index contributed by atoms with van der Waals surface area (Å²) >= 11 is 5.67. The van der Waals surface area contributed by atoms with Gasteiger partial charge in [-0.25, -0.2) is 4.39 Å². The smallest absolute Gasteiger partial charge is 0.224 e. The molecular weight excluding hydrogens is 305 g/mol. The van der Waals surface area contributed by atoms with E-state index in [1.807, 2.05) is 31.2 Å². The molecule has 1 N–H and O–H groups in total. The zero-order valence-electron chi connectivity index (χ0n) is 12.2. The maximum absolute atomic E-state index is 13.6. The standard InChI is InChI=1S/C17H17ClFNO2/c1-12-3-2-4-15(9-12)22-8-7-20-17(21)10-13-5-6-14(18)11-16(13)19/h2-6,9,11H,7-8,10H2,1H3,(H,20,21). The Morgan fingerprint density at radius 1 is 1.27 bits per heavy atom. The molecule has 3 nitrogen and oxygen atoms in total. The van der Waals surface area contributed by atoms with Crippen molar-refractivity contribution in [1.82, 2.24) is 5.32 Å². The average molecular weight is 322 g/mol. The van der Waals surface area contributed by atoms with Crippen LogP contribution in [-0.2, 0) is 11.2 Å². The molecule has 0 unspecified atom stereocenters. The summed E-state index contributed by atoms with van der Waals surface area (Å²) in [4.78, 5) is 11.7. The Hall–Kier alpha value is -2.07. The van der Waals surface area contributed by atoms with Gasteiger partial charge in [-0.15, -0.1) is 0 Å². The fraction of sp³-hybridized carbons (Fsp3) is 0.235. The van der Waals surface area contributed by atoms with E-state index in [0.717, 1.165) is 11.3 Å². The highest BCUT2D eigenvalue weighted by molar-refractivity contribution is 6.30. The zero-order chi connectivity index (χ0) is 15.9.